The fourth-order valence-corrected chi connectivity index (χ4v) is 4.06. The summed E-state index contributed by atoms with van der Waals surface area (Å²) >= 11 is 7.06. The number of carbonyl (C=O) groups excluding carboxylic acids is 2. The third-order valence-corrected chi connectivity index (χ3v) is 5.91. The number of aromatic nitrogens is 1. The quantitative estimate of drug-likeness (QED) is 0.600. The van der Waals surface area contributed by atoms with Crippen molar-refractivity contribution in [3.63, 3.8) is 0 Å². The maximum Gasteiger partial charge on any atom is 0.269 e. The Hall–Kier alpha value is -3.23. The number of amides is 2. The molecule has 0 aliphatic carbocycles. The van der Waals surface area contributed by atoms with Crippen LogP contribution in [0.1, 0.15) is 32.0 Å². The molecule has 0 atom stereocenters. The van der Waals surface area contributed by atoms with Gasteiger partial charge in [0, 0.05) is 37.5 Å². The molecule has 158 valence electrons. The van der Waals surface area contributed by atoms with Crippen molar-refractivity contribution in [2.24, 2.45) is 4.99 Å². The maximum absolute atomic E-state index is 12.7. The molecule has 3 heterocycles. The molecule has 4 rings (SSSR count). The van der Waals surface area contributed by atoms with Gasteiger partial charge in [-0.05, 0) is 42.1 Å². The molecule has 0 fully saturated rings. The van der Waals surface area contributed by atoms with Crippen LogP contribution < -0.4 is 10.6 Å². The van der Waals surface area contributed by atoms with Gasteiger partial charge in [0.1, 0.15) is 16.5 Å². The summed E-state index contributed by atoms with van der Waals surface area (Å²) in [5.74, 6) is 0.674. The summed E-state index contributed by atoms with van der Waals surface area (Å²) in [5, 5.41) is 7.76. The lowest BCUT2D eigenvalue weighted by Crippen LogP contribution is -2.32. The van der Waals surface area contributed by atoms with Crippen molar-refractivity contribution in [3.8, 4) is 0 Å². The SMILES string of the molecule is CN1CCCN=C1c1ccc(C(=O)Nc2ccsc2C(=O)Nc2ccc(Cl)cn2)cc1. The minimum absolute atomic E-state index is 0.289. The van der Waals surface area contributed by atoms with Crippen LogP contribution in [0.25, 0.3) is 0 Å². The number of halogens is 1. The summed E-state index contributed by atoms with van der Waals surface area (Å²) in [6.45, 7) is 1.78. The molecule has 0 unspecified atom stereocenters. The van der Waals surface area contributed by atoms with Crippen LogP contribution in [-0.2, 0) is 0 Å². The lowest BCUT2D eigenvalue weighted by molar-refractivity contribution is 0.102. The first-order valence-corrected chi connectivity index (χ1v) is 10.9. The van der Waals surface area contributed by atoms with E-state index < -0.39 is 0 Å². The molecule has 3 aromatic rings. The minimum Gasteiger partial charge on any atom is -0.359 e. The Bertz CT molecular complexity index is 1130. The van der Waals surface area contributed by atoms with Crippen molar-refractivity contribution in [1.82, 2.24) is 9.88 Å². The van der Waals surface area contributed by atoms with Gasteiger partial charge in [-0.3, -0.25) is 14.6 Å². The van der Waals surface area contributed by atoms with Crippen LogP contribution in [0.15, 0.2) is 59.0 Å². The van der Waals surface area contributed by atoms with E-state index in [1.807, 2.05) is 19.2 Å². The number of aliphatic imine (C=N–C) groups is 1. The Balaban J connectivity index is 1.44. The van der Waals surface area contributed by atoms with E-state index in [2.05, 4.69) is 25.5 Å². The van der Waals surface area contributed by atoms with E-state index in [-0.39, 0.29) is 11.8 Å². The van der Waals surface area contributed by atoms with Crippen LogP contribution in [0.4, 0.5) is 11.5 Å². The highest BCUT2D eigenvalue weighted by Crippen LogP contribution is 2.24. The van der Waals surface area contributed by atoms with E-state index in [0.29, 0.717) is 27.0 Å². The molecule has 0 saturated heterocycles. The van der Waals surface area contributed by atoms with Gasteiger partial charge < -0.3 is 15.5 Å². The lowest BCUT2D eigenvalue weighted by Gasteiger charge is -2.25. The molecule has 2 amide bonds. The Morgan fingerprint density at radius 1 is 1.06 bits per heavy atom. The van der Waals surface area contributed by atoms with E-state index in [9.17, 15) is 9.59 Å². The number of thiophene rings is 1. The first kappa shape index (κ1) is 21.0. The highest BCUT2D eigenvalue weighted by molar-refractivity contribution is 7.12. The first-order chi connectivity index (χ1) is 15.0. The second-order valence-electron chi connectivity index (χ2n) is 6.99. The van der Waals surface area contributed by atoms with Crippen LogP contribution in [0, 0.1) is 0 Å². The number of nitrogens with zero attached hydrogens (tertiary/aromatic N) is 3. The minimum atomic E-state index is -0.353. The van der Waals surface area contributed by atoms with Crippen LogP contribution in [0.5, 0.6) is 0 Å². The van der Waals surface area contributed by atoms with Gasteiger partial charge in [-0.15, -0.1) is 11.3 Å². The van der Waals surface area contributed by atoms with E-state index in [0.717, 1.165) is 30.9 Å². The molecule has 1 aliphatic heterocycles. The number of nitrogens with one attached hydrogen (secondary N) is 2. The number of pyridine rings is 1. The maximum atomic E-state index is 12.7. The van der Waals surface area contributed by atoms with Gasteiger partial charge in [0.2, 0.25) is 0 Å². The molecule has 0 saturated carbocycles. The number of hydrogen-bond donors (Lipinski definition) is 2. The number of rotatable bonds is 5. The molecule has 0 bridgehead atoms. The third kappa shape index (κ3) is 4.92. The van der Waals surface area contributed by atoms with E-state index in [4.69, 9.17) is 11.6 Å². The zero-order valence-electron chi connectivity index (χ0n) is 16.8. The van der Waals surface area contributed by atoms with Crippen molar-refractivity contribution < 1.29 is 9.59 Å². The largest absolute Gasteiger partial charge is 0.359 e. The molecule has 31 heavy (non-hydrogen) atoms. The number of carbonyl (C=O) groups is 2. The smallest absolute Gasteiger partial charge is 0.269 e. The van der Waals surface area contributed by atoms with Crippen molar-refractivity contribution in [3.05, 3.63) is 75.1 Å². The van der Waals surface area contributed by atoms with Gasteiger partial charge >= 0.3 is 0 Å². The normalized spacial score (nSPS) is 13.5. The van der Waals surface area contributed by atoms with Crippen LogP contribution in [0.2, 0.25) is 5.02 Å². The molecule has 1 aliphatic rings. The zero-order valence-corrected chi connectivity index (χ0v) is 18.3. The van der Waals surface area contributed by atoms with Crippen molar-refractivity contribution in [2.45, 2.75) is 6.42 Å². The van der Waals surface area contributed by atoms with Crippen molar-refractivity contribution in [2.75, 3.05) is 30.8 Å². The molecule has 2 aromatic heterocycles. The van der Waals surface area contributed by atoms with Gasteiger partial charge in [0.25, 0.3) is 11.8 Å². The monoisotopic (exact) mass is 453 g/mol. The van der Waals surface area contributed by atoms with E-state index in [1.54, 1.807) is 35.7 Å². The predicted molar refractivity (Wildman–Crippen MR) is 125 cm³/mol. The molecule has 0 spiro atoms. The van der Waals surface area contributed by atoms with Crippen molar-refractivity contribution in [1.29, 1.82) is 0 Å². The molecule has 2 N–H and O–H groups in total. The Labute approximate surface area is 188 Å². The van der Waals surface area contributed by atoms with Gasteiger partial charge in [-0.25, -0.2) is 4.98 Å². The fraction of sp³-hybridized carbons (Fsp3) is 0.182. The number of amidine groups is 1. The van der Waals surface area contributed by atoms with Gasteiger partial charge in [0.05, 0.1) is 10.7 Å². The predicted octanol–water partition coefficient (Wildman–Crippen LogP) is 4.38. The number of anilines is 2. The summed E-state index contributed by atoms with van der Waals surface area (Å²) in [5.41, 5.74) is 1.92. The summed E-state index contributed by atoms with van der Waals surface area (Å²) in [6.07, 6.45) is 2.50. The zero-order chi connectivity index (χ0) is 21.8. The molecular formula is C22H20ClN5O2S. The standard InChI is InChI=1S/C22H20ClN5O2S/c1-28-11-2-10-24-20(28)14-3-5-15(6-4-14)21(29)26-17-9-12-31-19(17)22(30)27-18-8-7-16(23)13-25-18/h3-9,12-13H,2,10-11H2,1H3,(H,26,29)(H,25,27,30). The highest BCUT2D eigenvalue weighted by atomic mass is 35.5. The number of hydrogen-bond acceptors (Lipinski definition) is 6. The lowest BCUT2D eigenvalue weighted by atomic mass is 10.1. The molecule has 0 radical (unpaired) electrons. The van der Waals surface area contributed by atoms with Gasteiger partial charge in [-0.2, -0.15) is 0 Å². The topological polar surface area (TPSA) is 86.7 Å². The number of benzene rings is 1. The average molecular weight is 454 g/mol. The summed E-state index contributed by atoms with van der Waals surface area (Å²) in [6, 6.07) is 12.3. The van der Waals surface area contributed by atoms with Gasteiger partial charge in [0.15, 0.2) is 0 Å². The Morgan fingerprint density at radius 2 is 1.87 bits per heavy atom. The fourth-order valence-electron chi connectivity index (χ4n) is 3.20. The molecule has 9 heteroatoms. The first-order valence-electron chi connectivity index (χ1n) is 9.69. The second-order valence-corrected chi connectivity index (χ2v) is 8.34. The third-order valence-electron chi connectivity index (χ3n) is 4.77. The second kappa shape index (κ2) is 9.28. The summed E-state index contributed by atoms with van der Waals surface area (Å²) < 4.78 is 0. The molecular weight excluding hydrogens is 434 g/mol. The van der Waals surface area contributed by atoms with Crippen LogP contribution >= 0.6 is 22.9 Å². The Kier molecular flexibility index (Phi) is 6.29. The van der Waals surface area contributed by atoms with E-state index >= 15 is 0 Å². The van der Waals surface area contributed by atoms with Crippen molar-refractivity contribution >= 4 is 52.1 Å². The molecule has 7 nitrogen and oxygen atoms in total. The Morgan fingerprint density at radius 3 is 2.58 bits per heavy atom. The van der Waals surface area contributed by atoms with Crippen LogP contribution in [-0.4, -0.2) is 47.7 Å². The molecule has 1 aromatic carbocycles. The summed E-state index contributed by atoms with van der Waals surface area (Å²) in [4.78, 5) is 36.5. The van der Waals surface area contributed by atoms with Gasteiger partial charge in [-0.1, -0.05) is 23.7 Å². The van der Waals surface area contributed by atoms with Crippen LogP contribution in [0.3, 0.4) is 0 Å². The highest BCUT2D eigenvalue weighted by Gasteiger charge is 2.18. The van der Waals surface area contributed by atoms with E-state index in [1.165, 1.54) is 17.5 Å². The average Bonchev–Trinajstić information content (AvgIpc) is 3.24. The summed E-state index contributed by atoms with van der Waals surface area (Å²) in [7, 11) is 2.02.